The van der Waals surface area contributed by atoms with Crippen molar-refractivity contribution < 1.29 is 5.21 Å². The van der Waals surface area contributed by atoms with Gasteiger partial charge in [-0.25, -0.2) is 0 Å². The highest BCUT2D eigenvalue weighted by Gasteiger charge is 2.26. The summed E-state index contributed by atoms with van der Waals surface area (Å²) >= 11 is 0. The van der Waals surface area contributed by atoms with Gasteiger partial charge in [0.05, 0.1) is 0 Å². The molecule has 0 amide bonds. The molecule has 0 radical (unpaired) electrons. The maximum atomic E-state index is 8.68. The van der Waals surface area contributed by atoms with Gasteiger partial charge in [-0.1, -0.05) is 19.0 Å². The Hall–Kier alpha value is -1.78. The van der Waals surface area contributed by atoms with Crippen LogP contribution in [0.2, 0.25) is 0 Å². The van der Waals surface area contributed by atoms with Crippen LogP contribution in [0.5, 0.6) is 0 Å². The van der Waals surface area contributed by atoms with E-state index in [1.807, 2.05) is 12.1 Å². The second-order valence-corrected chi connectivity index (χ2v) is 5.57. The quantitative estimate of drug-likeness (QED) is 0.362. The molecule has 0 aliphatic carbocycles. The minimum atomic E-state index is 0.0492. The first-order valence-electron chi connectivity index (χ1n) is 6.21. The molecule has 0 saturated carbocycles. The van der Waals surface area contributed by atoms with E-state index in [-0.39, 0.29) is 5.84 Å². The van der Waals surface area contributed by atoms with Crippen LogP contribution < -0.4 is 10.6 Å². The Bertz CT molecular complexity index is 456. The van der Waals surface area contributed by atoms with E-state index < -0.39 is 0 Å². The van der Waals surface area contributed by atoms with Crippen LogP contribution in [0.3, 0.4) is 0 Å². The Morgan fingerprint density at radius 3 is 3.00 bits per heavy atom. The van der Waals surface area contributed by atoms with Gasteiger partial charge in [-0.15, -0.1) is 0 Å². The minimum Gasteiger partial charge on any atom is -0.409 e. The van der Waals surface area contributed by atoms with Crippen LogP contribution in [0, 0.1) is 5.41 Å². The molecule has 2 rings (SSSR count). The minimum absolute atomic E-state index is 0.0492. The normalized spacial score (nSPS) is 19.9. The van der Waals surface area contributed by atoms with E-state index in [4.69, 9.17) is 10.9 Å². The number of aromatic nitrogens is 1. The highest BCUT2D eigenvalue weighted by atomic mass is 16.4. The molecule has 1 aliphatic heterocycles. The van der Waals surface area contributed by atoms with Gasteiger partial charge in [-0.05, 0) is 30.4 Å². The third kappa shape index (κ3) is 2.72. The Balaban J connectivity index is 2.23. The molecular formula is C13H20N4O. The average Bonchev–Trinajstić information content (AvgIpc) is 2.37. The first-order chi connectivity index (χ1) is 8.52. The van der Waals surface area contributed by atoms with Crippen molar-refractivity contribution in [1.29, 1.82) is 0 Å². The first kappa shape index (κ1) is 12.7. The predicted octanol–water partition coefficient (Wildman–Crippen LogP) is 1.80. The molecule has 1 saturated heterocycles. The van der Waals surface area contributed by atoms with Gasteiger partial charge in [-0.3, -0.25) is 4.98 Å². The molecular weight excluding hydrogens is 228 g/mol. The van der Waals surface area contributed by atoms with E-state index in [9.17, 15) is 0 Å². The molecule has 1 aliphatic rings. The SMILES string of the molecule is CC1(C)CCCN(c2ccnc(C(N)=NO)c2)C1. The van der Waals surface area contributed by atoms with Crippen LogP contribution in [0.25, 0.3) is 0 Å². The molecule has 5 nitrogen and oxygen atoms in total. The van der Waals surface area contributed by atoms with Crippen LogP contribution in [-0.2, 0) is 0 Å². The van der Waals surface area contributed by atoms with Gasteiger partial charge in [0.2, 0.25) is 0 Å². The lowest BCUT2D eigenvalue weighted by atomic mass is 9.84. The standard InChI is InChI=1S/C13H20N4O/c1-13(2)5-3-7-17(9-13)10-4-6-15-11(8-10)12(14)16-18/h4,6,8,18H,3,5,7,9H2,1-2H3,(H2,14,16). The Morgan fingerprint density at radius 1 is 1.56 bits per heavy atom. The summed E-state index contributed by atoms with van der Waals surface area (Å²) in [7, 11) is 0. The lowest BCUT2D eigenvalue weighted by Gasteiger charge is -2.39. The van der Waals surface area contributed by atoms with Crippen molar-refractivity contribution in [2.45, 2.75) is 26.7 Å². The van der Waals surface area contributed by atoms with Crippen molar-refractivity contribution in [3.63, 3.8) is 0 Å². The molecule has 3 N–H and O–H groups in total. The van der Waals surface area contributed by atoms with Crippen molar-refractivity contribution in [3.8, 4) is 0 Å². The number of oxime groups is 1. The highest BCUT2D eigenvalue weighted by molar-refractivity contribution is 5.95. The Morgan fingerprint density at radius 2 is 2.33 bits per heavy atom. The topological polar surface area (TPSA) is 74.7 Å². The summed E-state index contributed by atoms with van der Waals surface area (Å²) in [5.41, 5.74) is 7.49. The molecule has 98 valence electrons. The van der Waals surface area contributed by atoms with Gasteiger partial charge in [0, 0.05) is 25.0 Å². The van der Waals surface area contributed by atoms with Crippen LogP contribution in [-0.4, -0.2) is 29.1 Å². The van der Waals surface area contributed by atoms with Crippen molar-refractivity contribution in [3.05, 3.63) is 24.0 Å². The molecule has 0 atom stereocenters. The van der Waals surface area contributed by atoms with Gasteiger partial charge in [0.1, 0.15) is 5.69 Å². The van der Waals surface area contributed by atoms with Gasteiger partial charge < -0.3 is 15.8 Å². The summed E-state index contributed by atoms with van der Waals surface area (Å²) in [4.78, 5) is 6.43. The second kappa shape index (κ2) is 4.84. The number of hydrogen-bond acceptors (Lipinski definition) is 4. The van der Waals surface area contributed by atoms with Crippen molar-refractivity contribution in [2.24, 2.45) is 16.3 Å². The highest BCUT2D eigenvalue weighted by Crippen LogP contribution is 2.31. The van der Waals surface area contributed by atoms with E-state index in [2.05, 4.69) is 28.9 Å². The molecule has 18 heavy (non-hydrogen) atoms. The van der Waals surface area contributed by atoms with E-state index >= 15 is 0 Å². The number of nitrogens with two attached hydrogens (primary N) is 1. The third-order valence-electron chi connectivity index (χ3n) is 3.38. The van der Waals surface area contributed by atoms with Gasteiger partial charge >= 0.3 is 0 Å². The summed E-state index contributed by atoms with van der Waals surface area (Å²) in [6.45, 7) is 6.63. The van der Waals surface area contributed by atoms with Crippen LogP contribution in [0.1, 0.15) is 32.4 Å². The predicted molar refractivity (Wildman–Crippen MR) is 72.0 cm³/mol. The van der Waals surface area contributed by atoms with Gasteiger partial charge in [-0.2, -0.15) is 0 Å². The summed E-state index contributed by atoms with van der Waals surface area (Å²) in [5.74, 6) is 0.0492. The number of amidine groups is 1. The van der Waals surface area contributed by atoms with Crippen LogP contribution in [0.15, 0.2) is 23.5 Å². The Kier molecular flexibility index (Phi) is 3.41. The molecule has 1 fully saturated rings. The molecule has 0 aromatic carbocycles. The fourth-order valence-corrected chi connectivity index (χ4v) is 2.45. The number of hydrogen-bond donors (Lipinski definition) is 2. The fourth-order valence-electron chi connectivity index (χ4n) is 2.45. The number of nitrogens with zero attached hydrogens (tertiary/aromatic N) is 3. The summed E-state index contributed by atoms with van der Waals surface area (Å²) in [6, 6.07) is 3.84. The van der Waals surface area contributed by atoms with Crippen LogP contribution >= 0.6 is 0 Å². The number of pyridine rings is 1. The molecule has 0 bridgehead atoms. The molecule has 0 unspecified atom stereocenters. The zero-order chi connectivity index (χ0) is 13.2. The number of piperidine rings is 1. The maximum absolute atomic E-state index is 8.68. The van der Waals surface area contributed by atoms with Crippen molar-refractivity contribution >= 4 is 11.5 Å². The number of rotatable bonds is 2. The lowest BCUT2D eigenvalue weighted by molar-refractivity contribution is 0.293. The van der Waals surface area contributed by atoms with Crippen molar-refractivity contribution in [2.75, 3.05) is 18.0 Å². The van der Waals surface area contributed by atoms with Crippen molar-refractivity contribution in [1.82, 2.24) is 4.98 Å². The van der Waals surface area contributed by atoms with E-state index in [0.717, 1.165) is 18.8 Å². The lowest BCUT2D eigenvalue weighted by Crippen LogP contribution is -2.40. The van der Waals surface area contributed by atoms with E-state index in [0.29, 0.717) is 11.1 Å². The molecule has 5 heteroatoms. The first-order valence-corrected chi connectivity index (χ1v) is 6.21. The number of anilines is 1. The maximum Gasteiger partial charge on any atom is 0.188 e. The molecule has 1 aromatic rings. The molecule has 1 aromatic heterocycles. The largest absolute Gasteiger partial charge is 0.409 e. The monoisotopic (exact) mass is 248 g/mol. The average molecular weight is 248 g/mol. The smallest absolute Gasteiger partial charge is 0.188 e. The third-order valence-corrected chi connectivity index (χ3v) is 3.38. The van der Waals surface area contributed by atoms with E-state index in [1.54, 1.807) is 6.20 Å². The zero-order valence-corrected chi connectivity index (χ0v) is 10.9. The summed E-state index contributed by atoms with van der Waals surface area (Å²) in [5, 5.41) is 11.7. The Labute approximate surface area is 107 Å². The summed E-state index contributed by atoms with van der Waals surface area (Å²) < 4.78 is 0. The fraction of sp³-hybridized carbons (Fsp3) is 0.538. The summed E-state index contributed by atoms with van der Waals surface area (Å²) in [6.07, 6.45) is 4.14. The zero-order valence-electron chi connectivity index (χ0n) is 10.9. The van der Waals surface area contributed by atoms with Gasteiger partial charge in [0.15, 0.2) is 5.84 Å². The second-order valence-electron chi connectivity index (χ2n) is 5.57. The van der Waals surface area contributed by atoms with Gasteiger partial charge in [0.25, 0.3) is 0 Å². The van der Waals surface area contributed by atoms with Crippen LogP contribution in [0.4, 0.5) is 5.69 Å². The molecule has 0 spiro atoms. The van der Waals surface area contributed by atoms with E-state index in [1.165, 1.54) is 12.8 Å². The molecule has 2 heterocycles.